The Morgan fingerprint density at radius 3 is 2.45 bits per heavy atom. The van der Waals surface area contributed by atoms with E-state index in [-0.39, 0.29) is 18.1 Å². The number of imidazole rings is 1. The van der Waals surface area contributed by atoms with Crippen LogP contribution in [0.5, 0.6) is 5.75 Å². The van der Waals surface area contributed by atoms with Crippen molar-refractivity contribution < 1.29 is 14.8 Å². The molecule has 10 heteroatoms. The second-order valence-electron chi connectivity index (χ2n) is 6.06. The number of aryl methyl sites for hydroxylation is 1. The Balaban J connectivity index is 1.93. The number of benzene rings is 2. The van der Waals surface area contributed by atoms with Crippen molar-refractivity contribution in [2.24, 2.45) is 5.10 Å². The third-order valence-corrected chi connectivity index (χ3v) is 4.66. The Morgan fingerprint density at radius 2 is 1.83 bits per heavy atom. The van der Waals surface area contributed by atoms with E-state index in [2.05, 4.69) is 31.4 Å². The van der Waals surface area contributed by atoms with Crippen LogP contribution < -0.4 is 5.43 Å². The zero-order valence-corrected chi connectivity index (χ0v) is 16.8. The molecule has 1 heterocycles. The van der Waals surface area contributed by atoms with Crippen LogP contribution in [0.4, 0.5) is 5.82 Å². The van der Waals surface area contributed by atoms with E-state index in [9.17, 15) is 20.0 Å². The SMILES string of the molecule is Cc1ncc([N+](=O)[O-])n1C/C(=N/NC(=O)c1ccc(O)cc1)c1ccc(Br)cc1. The number of nitrogens with zero attached hydrogens (tertiary/aromatic N) is 4. The van der Waals surface area contributed by atoms with E-state index < -0.39 is 10.8 Å². The van der Waals surface area contributed by atoms with Gasteiger partial charge in [0.25, 0.3) is 5.91 Å². The van der Waals surface area contributed by atoms with Crippen LogP contribution in [0, 0.1) is 17.0 Å². The number of nitrogens with one attached hydrogen (secondary N) is 1. The highest BCUT2D eigenvalue weighted by molar-refractivity contribution is 9.10. The first kappa shape index (κ1) is 20.2. The number of rotatable bonds is 6. The fourth-order valence-electron chi connectivity index (χ4n) is 2.58. The molecule has 3 rings (SSSR count). The molecule has 0 aliphatic carbocycles. The van der Waals surface area contributed by atoms with Gasteiger partial charge in [-0.15, -0.1) is 0 Å². The summed E-state index contributed by atoms with van der Waals surface area (Å²) in [6.45, 7) is 1.70. The number of aromatic nitrogens is 2. The van der Waals surface area contributed by atoms with Gasteiger partial charge in [0.15, 0.2) is 5.82 Å². The quantitative estimate of drug-likeness (QED) is 0.333. The van der Waals surface area contributed by atoms with Crippen LogP contribution in [0.2, 0.25) is 0 Å². The summed E-state index contributed by atoms with van der Waals surface area (Å²) in [4.78, 5) is 27.1. The smallest absolute Gasteiger partial charge is 0.343 e. The molecule has 148 valence electrons. The van der Waals surface area contributed by atoms with Gasteiger partial charge in [-0.05, 0) is 41.3 Å². The predicted octanol–water partition coefficient (Wildman–Crippen LogP) is 3.40. The number of nitro groups is 1. The van der Waals surface area contributed by atoms with Crippen molar-refractivity contribution in [2.75, 3.05) is 0 Å². The number of phenols is 1. The van der Waals surface area contributed by atoms with Crippen LogP contribution in [0.15, 0.2) is 64.3 Å². The molecule has 0 unspecified atom stereocenters. The van der Waals surface area contributed by atoms with E-state index in [0.29, 0.717) is 22.7 Å². The van der Waals surface area contributed by atoms with Crippen molar-refractivity contribution in [3.63, 3.8) is 0 Å². The van der Waals surface area contributed by atoms with Gasteiger partial charge in [-0.3, -0.25) is 4.79 Å². The molecule has 1 amide bonds. The molecular formula is C19H16BrN5O4. The lowest BCUT2D eigenvalue weighted by atomic mass is 10.1. The zero-order chi connectivity index (χ0) is 21.0. The molecule has 29 heavy (non-hydrogen) atoms. The number of hydrazone groups is 1. The maximum atomic E-state index is 12.4. The molecule has 0 radical (unpaired) electrons. The van der Waals surface area contributed by atoms with Gasteiger partial charge >= 0.3 is 5.82 Å². The molecule has 0 spiro atoms. The summed E-state index contributed by atoms with van der Waals surface area (Å²) in [5.74, 6) is -0.150. The number of hydrogen-bond donors (Lipinski definition) is 2. The first-order valence-corrected chi connectivity index (χ1v) is 9.23. The highest BCUT2D eigenvalue weighted by Gasteiger charge is 2.20. The normalized spacial score (nSPS) is 11.3. The minimum Gasteiger partial charge on any atom is -0.508 e. The lowest BCUT2D eigenvalue weighted by Crippen LogP contribution is -2.23. The van der Waals surface area contributed by atoms with Crippen molar-refractivity contribution >= 4 is 33.4 Å². The van der Waals surface area contributed by atoms with Gasteiger partial charge in [0, 0.05) is 22.5 Å². The van der Waals surface area contributed by atoms with Crippen LogP contribution in [-0.2, 0) is 6.54 Å². The molecule has 0 aliphatic rings. The first-order chi connectivity index (χ1) is 13.8. The fourth-order valence-corrected chi connectivity index (χ4v) is 2.84. The monoisotopic (exact) mass is 457 g/mol. The van der Waals surface area contributed by atoms with E-state index in [4.69, 9.17) is 0 Å². The largest absolute Gasteiger partial charge is 0.508 e. The molecule has 2 N–H and O–H groups in total. The standard InChI is InChI=1S/C19H16BrN5O4/c1-12-21-10-18(25(28)29)24(12)11-17(13-2-6-15(20)7-3-13)22-23-19(27)14-4-8-16(26)9-5-14/h2-10,26H,11H2,1H3,(H,23,27)/b22-17-. The van der Waals surface area contributed by atoms with Gasteiger partial charge in [-0.25, -0.2) is 15.0 Å². The van der Waals surface area contributed by atoms with Crippen LogP contribution in [-0.4, -0.2) is 31.2 Å². The molecule has 0 saturated heterocycles. The van der Waals surface area contributed by atoms with Crippen molar-refractivity contribution in [3.8, 4) is 5.75 Å². The van der Waals surface area contributed by atoms with Gasteiger partial charge in [-0.1, -0.05) is 28.1 Å². The van der Waals surface area contributed by atoms with Crippen molar-refractivity contribution in [2.45, 2.75) is 13.5 Å². The zero-order valence-electron chi connectivity index (χ0n) is 15.2. The number of phenolic OH excluding ortho intramolecular Hbond substituents is 1. The summed E-state index contributed by atoms with van der Waals surface area (Å²) >= 11 is 3.36. The highest BCUT2D eigenvalue weighted by atomic mass is 79.9. The minimum absolute atomic E-state index is 0.0413. The lowest BCUT2D eigenvalue weighted by Gasteiger charge is -2.09. The number of aromatic hydroxyl groups is 1. The van der Waals surface area contributed by atoms with Gasteiger partial charge in [0.2, 0.25) is 0 Å². The lowest BCUT2D eigenvalue weighted by molar-refractivity contribution is -0.392. The van der Waals surface area contributed by atoms with Gasteiger partial charge in [0.05, 0.1) is 0 Å². The molecule has 0 atom stereocenters. The maximum absolute atomic E-state index is 12.4. The van der Waals surface area contributed by atoms with E-state index in [1.165, 1.54) is 35.0 Å². The second-order valence-corrected chi connectivity index (χ2v) is 6.98. The summed E-state index contributed by atoms with van der Waals surface area (Å²) < 4.78 is 2.27. The minimum atomic E-state index is -0.520. The van der Waals surface area contributed by atoms with E-state index in [0.717, 1.165) is 4.47 Å². The number of carbonyl (C=O) groups is 1. The number of hydrogen-bond acceptors (Lipinski definition) is 6. The number of amides is 1. The second kappa shape index (κ2) is 8.65. The van der Waals surface area contributed by atoms with Gasteiger partial charge in [-0.2, -0.15) is 5.10 Å². The van der Waals surface area contributed by atoms with E-state index in [1.54, 1.807) is 19.1 Å². The predicted molar refractivity (Wildman–Crippen MR) is 110 cm³/mol. The van der Waals surface area contributed by atoms with Gasteiger partial charge in [0.1, 0.15) is 24.2 Å². The molecule has 0 fully saturated rings. The third-order valence-electron chi connectivity index (χ3n) is 4.13. The Hall–Kier alpha value is -3.53. The highest BCUT2D eigenvalue weighted by Crippen LogP contribution is 2.17. The van der Waals surface area contributed by atoms with Crippen LogP contribution >= 0.6 is 15.9 Å². The third kappa shape index (κ3) is 4.85. The molecule has 1 aromatic heterocycles. The van der Waals surface area contributed by atoms with E-state index in [1.807, 2.05) is 12.1 Å². The summed E-state index contributed by atoms with van der Waals surface area (Å²) in [5, 5.41) is 24.8. The summed E-state index contributed by atoms with van der Waals surface area (Å²) in [6.07, 6.45) is 1.18. The summed E-state index contributed by atoms with van der Waals surface area (Å²) in [6, 6.07) is 12.9. The summed E-state index contributed by atoms with van der Waals surface area (Å²) in [7, 11) is 0. The van der Waals surface area contributed by atoms with Crippen molar-refractivity contribution in [1.82, 2.24) is 15.0 Å². The van der Waals surface area contributed by atoms with Crippen molar-refractivity contribution in [3.05, 3.63) is 86.3 Å². The van der Waals surface area contributed by atoms with Crippen LogP contribution in [0.3, 0.4) is 0 Å². The van der Waals surface area contributed by atoms with Crippen molar-refractivity contribution in [1.29, 1.82) is 0 Å². The van der Waals surface area contributed by atoms with E-state index >= 15 is 0 Å². The van der Waals surface area contributed by atoms with Gasteiger partial charge < -0.3 is 15.2 Å². The number of carbonyl (C=O) groups excluding carboxylic acids is 1. The fraction of sp³-hybridized carbons (Fsp3) is 0.105. The topological polar surface area (TPSA) is 123 Å². The van der Waals surface area contributed by atoms with Crippen LogP contribution in [0.1, 0.15) is 21.7 Å². The average Bonchev–Trinajstić information content (AvgIpc) is 3.06. The van der Waals surface area contributed by atoms with Crippen LogP contribution in [0.25, 0.3) is 0 Å². The molecule has 3 aromatic rings. The first-order valence-electron chi connectivity index (χ1n) is 8.43. The Kier molecular flexibility index (Phi) is 6.03. The Morgan fingerprint density at radius 1 is 1.21 bits per heavy atom. The Bertz CT molecular complexity index is 1070. The number of halogens is 1. The molecule has 2 aromatic carbocycles. The molecule has 0 saturated carbocycles. The molecule has 0 aliphatic heterocycles. The molecular weight excluding hydrogens is 442 g/mol. The summed E-state index contributed by atoms with van der Waals surface area (Å²) in [5.41, 5.74) is 3.87. The average molecular weight is 458 g/mol. The maximum Gasteiger partial charge on any atom is 0.343 e. The molecule has 9 nitrogen and oxygen atoms in total. The Labute approximate surface area is 174 Å². The molecule has 0 bridgehead atoms.